The lowest BCUT2D eigenvalue weighted by atomic mass is 9.92. The van der Waals surface area contributed by atoms with Gasteiger partial charge in [-0.2, -0.15) is 8.42 Å². The molecule has 2 aliphatic heterocycles. The minimum absolute atomic E-state index is 0.273. The molecule has 13 heteroatoms. The molecule has 2 aromatic heterocycles. The third-order valence-electron chi connectivity index (χ3n) is 8.81. The number of carbonyl (C=O) groups excluding carboxylic acids is 4. The molecule has 0 bridgehead atoms. The summed E-state index contributed by atoms with van der Waals surface area (Å²) < 4.78 is 37.0. The maximum atomic E-state index is 13.4. The number of hydrogen-bond donors (Lipinski definition) is 2. The van der Waals surface area contributed by atoms with Crippen molar-refractivity contribution < 1.29 is 41.0 Å². The molecule has 0 radical (unpaired) electrons. The van der Waals surface area contributed by atoms with Gasteiger partial charge in [-0.25, -0.2) is 0 Å². The highest BCUT2D eigenvalue weighted by atomic mass is 32.2. The number of furan rings is 2. The minimum Gasteiger partial charge on any atom is -0.464 e. The molecule has 0 spiro atoms. The van der Waals surface area contributed by atoms with Crippen LogP contribution in [0.25, 0.3) is 43.5 Å². The molecule has 6 aromatic rings. The van der Waals surface area contributed by atoms with Crippen LogP contribution in [-0.4, -0.2) is 78.8 Å². The van der Waals surface area contributed by atoms with Crippen LogP contribution in [0.5, 0.6) is 0 Å². The van der Waals surface area contributed by atoms with Crippen LogP contribution in [0.1, 0.15) is 60.7 Å². The topological polar surface area (TPSA) is 167 Å². The van der Waals surface area contributed by atoms with Gasteiger partial charge in [0.2, 0.25) is 0 Å². The first-order chi connectivity index (χ1) is 23.5. The molecule has 4 aromatic carbocycles. The molecule has 4 heterocycles. The summed E-state index contributed by atoms with van der Waals surface area (Å²) in [4.78, 5) is 55.9. The number of rotatable bonds is 9. The third-order valence-corrected chi connectivity index (χ3v) is 8.81. The van der Waals surface area contributed by atoms with Gasteiger partial charge >= 0.3 is 0 Å². The predicted molar refractivity (Wildman–Crippen MR) is 182 cm³/mol. The van der Waals surface area contributed by atoms with Crippen LogP contribution in [0.4, 0.5) is 0 Å². The van der Waals surface area contributed by atoms with E-state index in [1.165, 1.54) is 9.80 Å². The van der Waals surface area contributed by atoms with E-state index in [0.29, 0.717) is 89.5 Å². The third kappa shape index (κ3) is 5.86. The van der Waals surface area contributed by atoms with Gasteiger partial charge in [-0.05, 0) is 79.5 Å². The number of carbonyl (C=O) groups is 4. The highest BCUT2D eigenvalue weighted by Gasteiger charge is 2.35. The second-order valence-electron chi connectivity index (χ2n) is 12.0. The van der Waals surface area contributed by atoms with E-state index < -0.39 is 10.1 Å². The van der Waals surface area contributed by atoms with Crippen LogP contribution < -0.4 is 5.32 Å². The Hall–Kier alpha value is -5.37. The molecular weight excluding hydrogens is 650 g/mol. The average Bonchev–Trinajstić information content (AvgIpc) is 3.75. The minimum atomic E-state index is -3.67. The van der Waals surface area contributed by atoms with Crippen molar-refractivity contribution in [3.8, 4) is 0 Å². The number of amides is 4. The molecule has 2 aliphatic rings. The standard InChI is InChI=1S/C35H27N3O6.CH4O3S/c39-32-24-8-3-6-22-20-10-16-43-28(20)18-26(30(22)24)34(41)37(32)14-2-1-12-36-13-5-15-38-33(40)25-9-4-7-23-21-11-17-44-29(21)19-27(31(23)25)35(38)42;1-5(2,3)4/h3-4,6-11,16-19,36H,1-2,5,12-15H2;1H3,(H,2,3,4). The number of nitrogens with one attached hydrogen (secondary N) is 1. The monoisotopic (exact) mass is 681 g/mol. The van der Waals surface area contributed by atoms with Crippen molar-refractivity contribution >= 4 is 77.2 Å². The largest absolute Gasteiger partial charge is 0.464 e. The average molecular weight is 682 g/mol. The van der Waals surface area contributed by atoms with Crippen LogP contribution in [0.2, 0.25) is 0 Å². The van der Waals surface area contributed by atoms with E-state index in [0.717, 1.165) is 28.0 Å². The Kier molecular flexibility index (Phi) is 8.27. The van der Waals surface area contributed by atoms with Crippen molar-refractivity contribution in [2.24, 2.45) is 0 Å². The number of imide groups is 2. The van der Waals surface area contributed by atoms with E-state index >= 15 is 0 Å². The molecule has 250 valence electrons. The molecule has 0 atom stereocenters. The molecule has 49 heavy (non-hydrogen) atoms. The fourth-order valence-electron chi connectivity index (χ4n) is 6.72. The Morgan fingerprint density at radius 3 is 1.53 bits per heavy atom. The second-order valence-corrected chi connectivity index (χ2v) is 13.5. The maximum absolute atomic E-state index is 13.4. The smallest absolute Gasteiger partial charge is 0.261 e. The van der Waals surface area contributed by atoms with Crippen molar-refractivity contribution in [1.29, 1.82) is 0 Å². The Labute approximate surface area is 280 Å². The Bertz CT molecular complexity index is 2280. The van der Waals surface area contributed by atoms with Gasteiger partial charge in [-0.3, -0.25) is 33.5 Å². The van der Waals surface area contributed by atoms with Crippen LogP contribution in [0.15, 0.2) is 82.0 Å². The highest BCUT2D eigenvalue weighted by molar-refractivity contribution is 7.85. The Morgan fingerprint density at radius 2 is 1.04 bits per heavy atom. The first-order valence-electron chi connectivity index (χ1n) is 15.7. The molecule has 0 unspecified atom stereocenters. The summed E-state index contributed by atoms with van der Waals surface area (Å²) in [7, 11) is -3.67. The molecule has 0 fully saturated rings. The van der Waals surface area contributed by atoms with Gasteiger partial charge in [-0.15, -0.1) is 0 Å². The Balaban J connectivity index is 0.000000707. The summed E-state index contributed by atoms with van der Waals surface area (Å²) in [5, 5.41) is 8.19. The van der Waals surface area contributed by atoms with Crippen molar-refractivity contribution in [2.45, 2.75) is 19.3 Å². The van der Waals surface area contributed by atoms with Gasteiger partial charge in [0.1, 0.15) is 11.2 Å². The number of fused-ring (bicyclic) bond motifs is 4. The van der Waals surface area contributed by atoms with Gasteiger partial charge in [0, 0.05) is 45.8 Å². The summed E-state index contributed by atoms with van der Waals surface area (Å²) in [6.45, 7) is 1.90. The first kappa shape index (κ1) is 32.2. The van der Waals surface area contributed by atoms with Gasteiger partial charge < -0.3 is 14.2 Å². The molecule has 8 rings (SSSR count). The maximum Gasteiger partial charge on any atom is 0.261 e. The predicted octanol–water partition coefficient (Wildman–Crippen LogP) is 5.64. The lowest BCUT2D eigenvalue weighted by Gasteiger charge is -2.27. The second kappa shape index (κ2) is 12.6. The molecule has 0 aliphatic carbocycles. The van der Waals surface area contributed by atoms with E-state index in [4.69, 9.17) is 13.4 Å². The van der Waals surface area contributed by atoms with Crippen molar-refractivity contribution in [3.63, 3.8) is 0 Å². The summed E-state index contributed by atoms with van der Waals surface area (Å²) >= 11 is 0. The lowest BCUT2D eigenvalue weighted by molar-refractivity contribution is 0.0591. The van der Waals surface area contributed by atoms with Crippen LogP contribution in [0.3, 0.4) is 0 Å². The summed E-state index contributed by atoms with van der Waals surface area (Å²) in [5.41, 5.74) is 3.29. The van der Waals surface area contributed by atoms with Gasteiger partial charge in [0.25, 0.3) is 33.7 Å². The number of unbranched alkanes of at least 4 members (excludes halogenated alkanes) is 1. The molecular formula is C36H31N3O9S. The summed E-state index contributed by atoms with van der Waals surface area (Å²) in [6.07, 6.45) is 5.89. The molecule has 0 saturated heterocycles. The van der Waals surface area contributed by atoms with Crippen molar-refractivity contribution in [1.82, 2.24) is 15.1 Å². The molecule has 0 saturated carbocycles. The first-order valence-corrected chi connectivity index (χ1v) is 17.6. The van der Waals surface area contributed by atoms with E-state index in [1.807, 2.05) is 36.4 Å². The van der Waals surface area contributed by atoms with Crippen LogP contribution >= 0.6 is 0 Å². The number of benzene rings is 4. The fourth-order valence-corrected chi connectivity index (χ4v) is 6.72. The van der Waals surface area contributed by atoms with Crippen molar-refractivity contribution in [3.05, 3.63) is 95.4 Å². The normalized spacial score (nSPS) is 14.4. The van der Waals surface area contributed by atoms with Crippen LogP contribution in [-0.2, 0) is 10.1 Å². The quantitative estimate of drug-likeness (QED) is 0.111. The zero-order valence-corrected chi connectivity index (χ0v) is 27.2. The Morgan fingerprint density at radius 1 is 0.612 bits per heavy atom. The van der Waals surface area contributed by atoms with E-state index in [1.54, 1.807) is 36.8 Å². The zero-order chi connectivity index (χ0) is 34.4. The molecule has 4 amide bonds. The zero-order valence-electron chi connectivity index (χ0n) is 26.4. The van der Waals surface area contributed by atoms with Gasteiger partial charge in [0.15, 0.2) is 0 Å². The van der Waals surface area contributed by atoms with Gasteiger partial charge in [0.05, 0.1) is 29.9 Å². The number of hydrogen-bond acceptors (Lipinski definition) is 9. The van der Waals surface area contributed by atoms with E-state index in [-0.39, 0.29) is 23.6 Å². The summed E-state index contributed by atoms with van der Waals surface area (Å²) in [5.74, 6) is -1.16. The number of nitrogens with zero attached hydrogens (tertiary/aromatic N) is 2. The SMILES string of the molecule is CS(=O)(=O)O.O=C1c2cccc3c2c(cc2occc23)C(=O)N1CCCCNCCCN1C(=O)c2cccc3c2c(cc2occc23)C1=O. The molecule has 12 nitrogen and oxygen atoms in total. The molecule has 2 N–H and O–H groups in total. The highest BCUT2D eigenvalue weighted by Crippen LogP contribution is 2.37. The van der Waals surface area contributed by atoms with Gasteiger partial charge in [-0.1, -0.05) is 24.3 Å². The lowest BCUT2D eigenvalue weighted by Crippen LogP contribution is -2.41. The fraction of sp³-hybridized carbons (Fsp3) is 0.222. The summed E-state index contributed by atoms with van der Waals surface area (Å²) in [6, 6.07) is 18.2. The van der Waals surface area contributed by atoms with Crippen LogP contribution in [0, 0.1) is 0 Å². The van der Waals surface area contributed by atoms with E-state index in [9.17, 15) is 27.6 Å². The van der Waals surface area contributed by atoms with Crippen molar-refractivity contribution in [2.75, 3.05) is 32.4 Å². The van der Waals surface area contributed by atoms with E-state index in [2.05, 4.69) is 5.32 Å².